The van der Waals surface area contributed by atoms with Crippen LogP contribution in [-0.4, -0.2) is 26.8 Å². The number of benzene rings is 3. The smallest absolute Gasteiger partial charge is 0.258 e. The molecule has 0 aliphatic carbocycles. The molecule has 0 radical (unpaired) electrons. The monoisotopic (exact) mass is 399 g/mol. The summed E-state index contributed by atoms with van der Waals surface area (Å²) >= 11 is 0. The molecule has 1 unspecified atom stereocenters. The van der Waals surface area contributed by atoms with Gasteiger partial charge in [-0.1, -0.05) is 61.5 Å². The number of aromatic nitrogens is 2. The van der Waals surface area contributed by atoms with Gasteiger partial charge < -0.3 is 9.88 Å². The van der Waals surface area contributed by atoms with Crippen molar-refractivity contribution in [2.24, 2.45) is 0 Å². The Bertz CT molecular complexity index is 1260. The number of rotatable bonds is 6. The van der Waals surface area contributed by atoms with Crippen LogP contribution in [0.4, 0.5) is 0 Å². The number of carbonyl (C=O) groups is 1. The fourth-order valence-corrected chi connectivity index (χ4v) is 3.79. The average molecular weight is 399 g/mol. The number of H-pyrrole nitrogens is 1. The summed E-state index contributed by atoms with van der Waals surface area (Å²) in [7, 11) is 0. The summed E-state index contributed by atoms with van der Waals surface area (Å²) in [5.41, 5.74) is 1.47. The van der Waals surface area contributed by atoms with Gasteiger partial charge in [-0.05, 0) is 41.8 Å². The molecule has 5 heteroatoms. The molecule has 1 atom stereocenters. The Balaban J connectivity index is 1.64. The molecule has 0 fully saturated rings. The Morgan fingerprint density at radius 3 is 2.50 bits per heavy atom. The molecule has 30 heavy (non-hydrogen) atoms. The molecule has 4 rings (SSSR count). The maximum absolute atomic E-state index is 13.3. The maximum Gasteiger partial charge on any atom is 0.258 e. The number of fused-ring (bicyclic) bond motifs is 2. The summed E-state index contributed by atoms with van der Waals surface area (Å²) in [5.74, 6) is 0.529. The predicted molar refractivity (Wildman–Crippen MR) is 120 cm³/mol. The van der Waals surface area contributed by atoms with Crippen LogP contribution in [-0.2, 0) is 17.8 Å². The zero-order valence-electron chi connectivity index (χ0n) is 17.3. The number of para-hydroxylation sites is 1. The van der Waals surface area contributed by atoms with E-state index in [4.69, 9.17) is 0 Å². The van der Waals surface area contributed by atoms with Crippen LogP contribution in [0.5, 0.6) is 0 Å². The van der Waals surface area contributed by atoms with Crippen molar-refractivity contribution in [2.75, 3.05) is 0 Å². The van der Waals surface area contributed by atoms with Crippen molar-refractivity contribution in [1.82, 2.24) is 14.9 Å². The lowest BCUT2D eigenvalue weighted by Gasteiger charge is -2.28. The molecule has 0 saturated heterocycles. The van der Waals surface area contributed by atoms with E-state index < -0.39 is 0 Å². The Labute approximate surface area is 175 Å². The molecule has 0 spiro atoms. The van der Waals surface area contributed by atoms with Gasteiger partial charge in [0.25, 0.3) is 5.56 Å². The van der Waals surface area contributed by atoms with Gasteiger partial charge in [0.2, 0.25) is 5.91 Å². The topological polar surface area (TPSA) is 66.1 Å². The van der Waals surface area contributed by atoms with E-state index in [1.807, 2.05) is 60.4 Å². The van der Waals surface area contributed by atoms with Crippen LogP contribution in [0.3, 0.4) is 0 Å². The first-order chi connectivity index (χ1) is 14.6. The number of nitrogens with zero attached hydrogens (tertiary/aromatic N) is 2. The van der Waals surface area contributed by atoms with Crippen molar-refractivity contribution < 1.29 is 4.79 Å². The van der Waals surface area contributed by atoms with Gasteiger partial charge in [-0.25, -0.2) is 4.98 Å². The van der Waals surface area contributed by atoms with E-state index in [-0.39, 0.29) is 24.1 Å². The Hall–Kier alpha value is -3.47. The third-order valence-corrected chi connectivity index (χ3v) is 5.65. The molecule has 4 aromatic rings. The minimum Gasteiger partial charge on any atom is -0.332 e. The van der Waals surface area contributed by atoms with Crippen LogP contribution in [0.1, 0.15) is 31.7 Å². The first kappa shape index (κ1) is 19.8. The SMILES string of the molecule is CCC(C)N(Cc1nc2ccccc2c(=O)[nH]1)C(=O)Cc1cccc2ccccc12. The highest BCUT2D eigenvalue weighted by Gasteiger charge is 2.21. The zero-order valence-corrected chi connectivity index (χ0v) is 17.3. The van der Waals surface area contributed by atoms with Crippen molar-refractivity contribution >= 4 is 27.6 Å². The van der Waals surface area contributed by atoms with Crippen molar-refractivity contribution in [2.45, 2.75) is 39.3 Å². The highest BCUT2D eigenvalue weighted by atomic mass is 16.2. The fourth-order valence-electron chi connectivity index (χ4n) is 3.79. The summed E-state index contributed by atoms with van der Waals surface area (Å²) in [6, 6.07) is 21.4. The highest BCUT2D eigenvalue weighted by Crippen LogP contribution is 2.21. The number of aromatic amines is 1. The zero-order chi connectivity index (χ0) is 21.1. The van der Waals surface area contributed by atoms with Gasteiger partial charge in [0.15, 0.2) is 0 Å². The van der Waals surface area contributed by atoms with Crippen molar-refractivity contribution in [3.05, 3.63) is 88.5 Å². The van der Waals surface area contributed by atoms with Crippen molar-refractivity contribution in [1.29, 1.82) is 0 Å². The minimum absolute atomic E-state index is 0.0245. The van der Waals surface area contributed by atoms with Gasteiger partial charge in [0.05, 0.1) is 23.9 Å². The molecule has 5 nitrogen and oxygen atoms in total. The molecule has 0 saturated carbocycles. The molecule has 1 aromatic heterocycles. The lowest BCUT2D eigenvalue weighted by Crippen LogP contribution is -2.39. The van der Waals surface area contributed by atoms with E-state index in [9.17, 15) is 9.59 Å². The average Bonchev–Trinajstić information content (AvgIpc) is 2.77. The van der Waals surface area contributed by atoms with Crippen molar-refractivity contribution in [3.63, 3.8) is 0 Å². The first-order valence-electron chi connectivity index (χ1n) is 10.3. The normalized spacial score (nSPS) is 12.2. The lowest BCUT2D eigenvalue weighted by atomic mass is 10.0. The number of hydrogen-bond acceptors (Lipinski definition) is 3. The second kappa shape index (κ2) is 8.49. The third kappa shape index (κ3) is 3.96. The van der Waals surface area contributed by atoms with E-state index >= 15 is 0 Å². The van der Waals surface area contributed by atoms with Crippen molar-refractivity contribution in [3.8, 4) is 0 Å². The molecule has 0 aliphatic heterocycles. The fraction of sp³-hybridized carbons (Fsp3) is 0.240. The summed E-state index contributed by atoms with van der Waals surface area (Å²) in [4.78, 5) is 35.0. The van der Waals surface area contributed by atoms with E-state index in [1.165, 1.54) is 0 Å². The van der Waals surface area contributed by atoms with Crippen LogP contribution in [0.2, 0.25) is 0 Å². The van der Waals surface area contributed by atoms with Crippen LogP contribution in [0.15, 0.2) is 71.5 Å². The second-order valence-electron chi connectivity index (χ2n) is 7.62. The van der Waals surface area contributed by atoms with Crippen LogP contribution in [0.25, 0.3) is 21.7 Å². The van der Waals surface area contributed by atoms with Gasteiger partial charge in [-0.3, -0.25) is 9.59 Å². The number of amides is 1. The third-order valence-electron chi connectivity index (χ3n) is 5.65. The first-order valence-corrected chi connectivity index (χ1v) is 10.3. The van der Waals surface area contributed by atoms with Gasteiger partial charge >= 0.3 is 0 Å². The molecule has 152 valence electrons. The van der Waals surface area contributed by atoms with Crippen LogP contribution < -0.4 is 5.56 Å². The maximum atomic E-state index is 13.3. The van der Waals surface area contributed by atoms with E-state index in [0.29, 0.717) is 23.1 Å². The minimum atomic E-state index is -0.179. The van der Waals surface area contributed by atoms with E-state index in [0.717, 1.165) is 22.8 Å². The molecule has 1 heterocycles. The summed E-state index contributed by atoms with van der Waals surface area (Å²) in [6.07, 6.45) is 1.13. The number of nitrogens with one attached hydrogen (secondary N) is 1. The number of carbonyl (C=O) groups excluding carboxylic acids is 1. The van der Waals surface area contributed by atoms with E-state index in [2.05, 4.69) is 29.0 Å². The van der Waals surface area contributed by atoms with Crippen LogP contribution in [0, 0.1) is 0 Å². The quantitative estimate of drug-likeness (QED) is 0.521. The molecular weight excluding hydrogens is 374 g/mol. The van der Waals surface area contributed by atoms with Gasteiger partial charge in [0, 0.05) is 6.04 Å². The molecule has 1 amide bonds. The lowest BCUT2D eigenvalue weighted by molar-refractivity contribution is -0.133. The molecular formula is C25H25N3O2. The summed E-state index contributed by atoms with van der Waals surface area (Å²) < 4.78 is 0. The summed E-state index contributed by atoms with van der Waals surface area (Å²) in [6.45, 7) is 4.36. The number of hydrogen-bond donors (Lipinski definition) is 1. The highest BCUT2D eigenvalue weighted by molar-refractivity contribution is 5.90. The predicted octanol–water partition coefficient (Wildman–Crippen LogP) is 4.45. The molecule has 1 N–H and O–H groups in total. The Kier molecular flexibility index (Phi) is 5.61. The Morgan fingerprint density at radius 2 is 1.70 bits per heavy atom. The van der Waals surface area contributed by atoms with Crippen LogP contribution >= 0.6 is 0 Å². The summed E-state index contributed by atoms with van der Waals surface area (Å²) in [5, 5.41) is 2.77. The molecule has 3 aromatic carbocycles. The molecule has 0 aliphatic rings. The second-order valence-corrected chi connectivity index (χ2v) is 7.62. The largest absolute Gasteiger partial charge is 0.332 e. The van der Waals surface area contributed by atoms with Gasteiger partial charge in [-0.2, -0.15) is 0 Å². The Morgan fingerprint density at radius 1 is 1.00 bits per heavy atom. The van der Waals surface area contributed by atoms with Gasteiger partial charge in [-0.15, -0.1) is 0 Å². The molecule has 0 bridgehead atoms. The van der Waals surface area contributed by atoms with Gasteiger partial charge in [0.1, 0.15) is 5.82 Å². The standard InChI is InChI=1S/C25H25N3O2/c1-3-17(2)28(16-23-26-22-14-7-6-13-21(22)25(30)27-23)24(29)15-19-11-8-10-18-9-4-5-12-20(18)19/h4-14,17H,3,15-16H2,1-2H3,(H,26,27,30). The van der Waals surface area contributed by atoms with E-state index in [1.54, 1.807) is 6.07 Å².